The standard InChI is InChI=1S/C12H22N2O3.ClH/c1-9-3-5-10(6-4-9)14(2)8-11(15)13-7-12(16)17;/h9-10H,3-8H2,1-2H3,(H,13,15)(H,16,17);1H. The number of hydrogen-bond donors (Lipinski definition) is 2. The number of likely N-dealkylation sites (N-methyl/N-ethyl adjacent to an activating group) is 1. The highest BCUT2D eigenvalue weighted by Gasteiger charge is 2.22. The SMILES string of the molecule is CC1CCC(N(C)CC(=O)NCC(=O)O)CC1.Cl. The summed E-state index contributed by atoms with van der Waals surface area (Å²) >= 11 is 0. The Morgan fingerprint density at radius 2 is 1.83 bits per heavy atom. The fraction of sp³-hybridized carbons (Fsp3) is 0.833. The van der Waals surface area contributed by atoms with Gasteiger partial charge in [0.05, 0.1) is 6.54 Å². The van der Waals surface area contributed by atoms with E-state index in [1.807, 2.05) is 11.9 Å². The Balaban J connectivity index is 0.00000289. The summed E-state index contributed by atoms with van der Waals surface area (Å²) in [5, 5.41) is 10.8. The van der Waals surface area contributed by atoms with Crippen LogP contribution in [-0.2, 0) is 9.59 Å². The molecule has 1 saturated carbocycles. The topological polar surface area (TPSA) is 69.6 Å². The lowest BCUT2D eigenvalue weighted by Crippen LogP contribution is -2.43. The lowest BCUT2D eigenvalue weighted by Gasteiger charge is -2.33. The molecule has 0 aromatic carbocycles. The highest BCUT2D eigenvalue weighted by atomic mass is 35.5. The summed E-state index contributed by atoms with van der Waals surface area (Å²) in [6.07, 6.45) is 4.69. The van der Waals surface area contributed by atoms with Gasteiger partial charge < -0.3 is 10.4 Å². The molecule has 6 heteroatoms. The smallest absolute Gasteiger partial charge is 0.322 e. The van der Waals surface area contributed by atoms with E-state index in [-0.39, 0.29) is 31.4 Å². The first-order valence-electron chi connectivity index (χ1n) is 6.17. The van der Waals surface area contributed by atoms with Crippen molar-refractivity contribution in [1.82, 2.24) is 10.2 Å². The number of nitrogens with zero attached hydrogens (tertiary/aromatic N) is 1. The number of amides is 1. The zero-order valence-electron chi connectivity index (χ0n) is 11.0. The molecule has 0 aromatic heterocycles. The highest BCUT2D eigenvalue weighted by Crippen LogP contribution is 2.26. The fourth-order valence-electron chi connectivity index (χ4n) is 2.27. The summed E-state index contributed by atoms with van der Waals surface area (Å²) in [5.41, 5.74) is 0. The number of aliphatic carboxylic acids is 1. The molecule has 5 nitrogen and oxygen atoms in total. The van der Waals surface area contributed by atoms with Gasteiger partial charge in [0.25, 0.3) is 0 Å². The van der Waals surface area contributed by atoms with Crippen LogP contribution in [0.1, 0.15) is 32.6 Å². The van der Waals surface area contributed by atoms with Crippen LogP contribution >= 0.6 is 12.4 Å². The maximum atomic E-state index is 11.4. The molecule has 0 aromatic rings. The number of carboxylic acid groups (broad SMARTS) is 1. The molecule has 1 aliphatic carbocycles. The second-order valence-corrected chi connectivity index (χ2v) is 5.00. The van der Waals surface area contributed by atoms with Crippen molar-refractivity contribution in [3.63, 3.8) is 0 Å². The summed E-state index contributed by atoms with van der Waals surface area (Å²) in [6.45, 7) is 2.25. The molecule has 106 valence electrons. The van der Waals surface area contributed by atoms with Crippen LogP contribution < -0.4 is 5.32 Å². The van der Waals surface area contributed by atoms with E-state index in [9.17, 15) is 9.59 Å². The molecule has 0 unspecified atom stereocenters. The molecule has 1 rings (SSSR count). The second-order valence-electron chi connectivity index (χ2n) is 5.00. The summed E-state index contributed by atoms with van der Waals surface area (Å²) in [5.74, 6) is -0.429. The average molecular weight is 279 g/mol. The minimum atomic E-state index is -1.01. The van der Waals surface area contributed by atoms with Crippen molar-refractivity contribution in [1.29, 1.82) is 0 Å². The monoisotopic (exact) mass is 278 g/mol. The number of nitrogens with one attached hydrogen (secondary N) is 1. The van der Waals surface area contributed by atoms with E-state index in [1.165, 1.54) is 12.8 Å². The van der Waals surface area contributed by atoms with Crippen LogP contribution in [0.15, 0.2) is 0 Å². The quantitative estimate of drug-likeness (QED) is 0.791. The van der Waals surface area contributed by atoms with Gasteiger partial charge in [-0.15, -0.1) is 12.4 Å². The summed E-state index contributed by atoms with van der Waals surface area (Å²) in [7, 11) is 1.93. The van der Waals surface area contributed by atoms with Crippen LogP contribution in [0.25, 0.3) is 0 Å². The van der Waals surface area contributed by atoms with Gasteiger partial charge >= 0.3 is 5.97 Å². The number of rotatable bonds is 5. The predicted octanol–water partition coefficient (Wildman–Crippen LogP) is 1.12. The van der Waals surface area contributed by atoms with Gasteiger partial charge in [-0.05, 0) is 38.6 Å². The van der Waals surface area contributed by atoms with E-state index in [2.05, 4.69) is 12.2 Å². The third-order valence-corrected chi connectivity index (χ3v) is 3.44. The largest absolute Gasteiger partial charge is 0.480 e. The molecule has 2 N–H and O–H groups in total. The number of halogens is 1. The average Bonchev–Trinajstić information content (AvgIpc) is 2.27. The van der Waals surface area contributed by atoms with Crippen molar-refractivity contribution in [3.05, 3.63) is 0 Å². The predicted molar refractivity (Wildman–Crippen MR) is 71.9 cm³/mol. The first kappa shape index (κ1) is 17.2. The minimum absolute atomic E-state index is 0. The number of carboxylic acids is 1. The van der Waals surface area contributed by atoms with Crippen LogP contribution in [0.3, 0.4) is 0 Å². The molecule has 0 atom stereocenters. The van der Waals surface area contributed by atoms with Crippen LogP contribution in [0.5, 0.6) is 0 Å². The molecule has 18 heavy (non-hydrogen) atoms. The minimum Gasteiger partial charge on any atom is -0.480 e. The van der Waals surface area contributed by atoms with Crippen LogP contribution in [0.4, 0.5) is 0 Å². The van der Waals surface area contributed by atoms with Gasteiger partial charge in [0.15, 0.2) is 0 Å². The Morgan fingerprint density at radius 1 is 1.28 bits per heavy atom. The van der Waals surface area contributed by atoms with Crippen LogP contribution in [0, 0.1) is 5.92 Å². The van der Waals surface area contributed by atoms with Gasteiger partial charge in [0, 0.05) is 6.04 Å². The number of carbonyl (C=O) groups is 2. The van der Waals surface area contributed by atoms with Crippen molar-refractivity contribution in [2.24, 2.45) is 5.92 Å². The summed E-state index contributed by atoms with van der Waals surface area (Å²) < 4.78 is 0. The lowest BCUT2D eigenvalue weighted by atomic mass is 9.87. The van der Waals surface area contributed by atoms with E-state index in [1.54, 1.807) is 0 Å². The van der Waals surface area contributed by atoms with E-state index in [0.717, 1.165) is 18.8 Å². The molecule has 1 aliphatic rings. The van der Waals surface area contributed by atoms with Gasteiger partial charge in [-0.1, -0.05) is 6.92 Å². The Hall–Kier alpha value is -0.810. The molecule has 0 bridgehead atoms. The first-order chi connectivity index (χ1) is 7.99. The van der Waals surface area contributed by atoms with Gasteiger partial charge in [-0.25, -0.2) is 0 Å². The molecule has 1 amide bonds. The molecule has 1 fully saturated rings. The van der Waals surface area contributed by atoms with Crippen molar-refractivity contribution >= 4 is 24.3 Å². The maximum absolute atomic E-state index is 11.4. The lowest BCUT2D eigenvalue weighted by molar-refractivity contribution is -0.138. The van der Waals surface area contributed by atoms with E-state index < -0.39 is 5.97 Å². The highest BCUT2D eigenvalue weighted by molar-refractivity contribution is 5.85. The van der Waals surface area contributed by atoms with Gasteiger partial charge in [0.2, 0.25) is 5.91 Å². The van der Waals surface area contributed by atoms with Crippen LogP contribution in [0.2, 0.25) is 0 Å². The van der Waals surface area contributed by atoms with Gasteiger partial charge in [0.1, 0.15) is 6.54 Å². The molecule has 0 spiro atoms. The first-order valence-corrected chi connectivity index (χ1v) is 6.17. The van der Waals surface area contributed by atoms with E-state index >= 15 is 0 Å². The Morgan fingerprint density at radius 3 is 2.33 bits per heavy atom. The third-order valence-electron chi connectivity index (χ3n) is 3.44. The molecular formula is C12H23ClN2O3. The fourth-order valence-corrected chi connectivity index (χ4v) is 2.27. The number of hydrogen-bond acceptors (Lipinski definition) is 3. The van der Waals surface area contributed by atoms with Crippen molar-refractivity contribution in [2.75, 3.05) is 20.1 Å². The van der Waals surface area contributed by atoms with Crippen LogP contribution in [-0.4, -0.2) is 48.1 Å². The number of carbonyl (C=O) groups excluding carboxylic acids is 1. The molecule has 0 saturated heterocycles. The molecule has 0 aliphatic heterocycles. The normalized spacial score (nSPS) is 23.3. The second kappa shape index (κ2) is 8.32. The third kappa shape index (κ3) is 6.21. The Kier molecular flexibility index (Phi) is 7.95. The van der Waals surface area contributed by atoms with Crippen molar-refractivity contribution in [3.8, 4) is 0 Å². The zero-order valence-corrected chi connectivity index (χ0v) is 11.8. The molecule has 0 radical (unpaired) electrons. The molecular weight excluding hydrogens is 256 g/mol. The van der Waals surface area contributed by atoms with E-state index in [0.29, 0.717) is 6.04 Å². The maximum Gasteiger partial charge on any atom is 0.322 e. The molecule has 0 heterocycles. The van der Waals surface area contributed by atoms with Gasteiger partial charge in [-0.3, -0.25) is 14.5 Å². The van der Waals surface area contributed by atoms with E-state index in [4.69, 9.17) is 5.11 Å². The Bertz CT molecular complexity index is 278. The van der Waals surface area contributed by atoms with Gasteiger partial charge in [-0.2, -0.15) is 0 Å². The Labute approximate surface area is 114 Å². The van der Waals surface area contributed by atoms with Crippen molar-refractivity contribution < 1.29 is 14.7 Å². The summed E-state index contributed by atoms with van der Waals surface area (Å²) in [6, 6.07) is 0.460. The van der Waals surface area contributed by atoms with Crippen molar-refractivity contribution in [2.45, 2.75) is 38.6 Å². The zero-order chi connectivity index (χ0) is 12.8. The summed E-state index contributed by atoms with van der Waals surface area (Å²) in [4.78, 5) is 23.8.